The summed E-state index contributed by atoms with van der Waals surface area (Å²) in [6, 6.07) is 4.26. The molecule has 1 aliphatic carbocycles. The van der Waals surface area contributed by atoms with Gasteiger partial charge < -0.3 is 0 Å². The molecular formula is C20H24ClINO4-. The fourth-order valence-corrected chi connectivity index (χ4v) is 5.70. The summed E-state index contributed by atoms with van der Waals surface area (Å²) in [7, 11) is 5.96. The molecule has 0 bridgehead atoms. The number of benzene rings is 1. The van der Waals surface area contributed by atoms with Crippen molar-refractivity contribution in [1.82, 2.24) is 4.90 Å². The predicted molar refractivity (Wildman–Crippen MR) is 97.8 cm³/mol. The average molecular weight is 505 g/mol. The Morgan fingerprint density at radius 1 is 1.30 bits per heavy atom. The van der Waals surface area contributed by atoms with Gasteiger partial charge in [-0.15, -0.1) is 0 Å². The molecule has 0 N–H and O–H groups in total. The molecule has 7 heteroatoms. The molecular weight excluding hydrogens is 481 g/mol. The van der Waals surface area contributed by atoms with Gasteiger partial charge in [-0.3, -0.25) is 0 Å². The van der Waals surface area contributed by atoms with Crippen molar-refractivity contribution >= 4 is 8.91 Å². The van der Waals surface area contributed by atoms with Crippen molar-refractivity contribution in [2.45, 2.75) is 43.6 Å². The number of rotatable bonds is 4. The average Bonchev–Trinajstić information content (AvgIpc) is 3.22. The third-order valence-electron chi connectivity index (χ3n) is 6.32. The first-order valence-corrected chi connectivity index (χ1v) is 13.8. The van der Waals surface area contributed by atoms with Crippen molar-refractivity contribution < 1.29 is 39.0 Å². The third kappa shape index (κ3) is 2.90. The van der Waals surface area contributed by atoms with Crippen LogP contribution in [0.1, 0.15) is 30.9 Å². The number of hydrogen-bond donors (Lipinski definition) is 0. The summed E-state index contributed by atoms with van der Waals surface area (Å²) >= 11 is -0.451. The van der Waals surface area contributed by atoms with Gasteiger partial charge in [0.2, 0.25) is 0 Å². The zero-order valence-corrected chi connectivity index (χ0v) is 18.3. The van der Waals surface area contributed by atoms with Gasteiger partial charge in [0.1, 0.15) is 0 Å². The van der Waals surface area contributed by atoms with Gasteiger partial charge in [0.25, 0.3) is 0 Å². The molecule has 0 radical (unpaired) electrons. The fraction of sp³-hybridized carbons (Fsp3) is 0.600. The number of hydrogen-bond acceptors (Lipinski definition) is 5. The molecule has 4 aliphatic rings. The summed E-state index contributed by atoms with van der Waals surface area (Å²) in [6.45, 7) is 6.55. The molecule has 2 atom stereocenters. The van der Waals surface area contributed by atoms with E-state index in [9.17, 15) is 0 Å². The molecule has 1 saturated heterocycles. The van der Waals surface area contributed by atoms with Crippen molar-refractivity contribution in [3.63, 3.8) is 0 Å². The predicted octanol–water partition coefficient (Wildman–Crippen LogP) is 0.193. The van der Waals surface area contributed by atoms with Gasteiger partial charge in [-0.05, 0) is 0 Å². The van der Waals surface area contributed by atoms with E-state index in [4.69, 9.17) is 27.9 Å². The number of alkyl halides is 1. The van der Waals surface area contributed by atoms with E-state index in [0.717, 1.165) is 37.6 Å². The molecule has 1 fully saturated rings. The van der Waals surface area contributed by atoms with Gasteiger partial charge in [0.05, 0.1) is 0 Å². The van der Waals surface area contributed by atoms with E-state index >= 15 is 0 Å². The van der Waals surface area contributed by atoms with E-state index in [0.29, 0.717) is 24.2 Å². The molecule has 2 spiro atoms. The maximum absolute atomic E-state index is 6.58. The Labute approximate surface area is 173 Å². The quantitative estimate of drug-likeness (QED) is 0.333. The van der Waals surface area contributed by atoms with Gasteiger partial charge in [0.15, 0.2) is 0 Å². The summed E-state index contributed by atoms with van der Waals surface area (Å²) in [5.41, 5.74) is 2.51. The molecule has 3 aliphatic heterocycles. The summed E-state index contributed by atoms with van der Waals surface area (Å²) in [5.74, 6) is 1.10. The second-order valence-electron chi connectivity index (χ2n) is 7.59. The summed E-state index contributed by atoms with van der Waals surface area (Å²) in [5, 5.41) is 0. The summed E-state index contributed by atoms with van der Waals surface area (Å²) in [6.07, 6.45) is 6.19. The van der Waals surface area contributed by atoms with Crippen LogP contribution in [0, 0.1) is 0 Å². The van der Waals surface area contributed by atoms with Crippen LogP contribution in [0.3, 0.4) is 0 Å². The normalized spacial score (nSPS) is 30.8. The standard InChI is InChI=1S/C20H24ClINO4/c1-2-23-8-7-19-5-6-20(25-9-10-26-20)11-16(19)27-18-15(24-13-22-21)4-3-14(12-23)17(18)19/h3-6,16H,2,7-13H2,1H3/q-1. The van der Waals surface area contributed by atoms with Crippen LogP contribution in [0.4, 0.5) is 0 Å². The Balaban J connectivity index is 1.62. The molecule has 148 valence electrons. The molecule has 3 heterocycles. The Morgan fingerprint density at radius 3 is 2.93 bits per heavy atom. The first kappa shape index (κ1) is 18.5. The van der Waals surface area contributed by atoms with Gasteiger partial charge in [0, 0.05) is 0 Å². The fourth-order valence-electron chi connectivity index (χ4n) is 4.97. The van der Waals surface area contributed by atoms with E-state index in [-0.39, 0.29) is 11.5 Å². The number of ether oxygens (including phenoxy) is 4. The summed E-state index contributed by atoms with van der Waals surface area (Å²) in [4.78, 5) is 2.51. The van der Waals surface area contributed by atoms with Crippen LogP contribution in [0.2, 0.25) is 0 Å². The van der Waals surface area contributed by atoms with E-state index in [1.54, 1.807) is 0 Å². The molecule has 0 saturated carbocycles. The first-order valence-electron chi connectivity index (χ1n) is 9.56. The van der Waals surface area contributed by atoms with Crippen LogP contribution < -0.4 is 29.6 Å². The molecule has 1 aromatic carbocycles. The van der Waals surface area contributed by atoms with Crippen LogP contribution in [0.15, 0.2) is 24.3 Å². The van der Waals surface area contributed by atoms with Gasteiger partial charge in [-0.1, -0.05) is 0 Å². The minimum absolute atomic E-state index is 0.00149. The Hall–Kier alpha value is -0.540. The molecule has 1 aromatic rings. The van der Waals surface area contributed by atoms with Crippen molar-refractivity contribution in [2.75, 3.05) is 30.9 Å². The Kier molecular flexibility index (Phi) is 4.83. The van der Waals surface area contributed by atoms with Gasteiger partial charge in [-0.2, -0.15) is 0 Å². The minimum atomic E-state index is -0.627. The molecule has 2 unspecified atom stereocenters. The first-order chi connectivity index (χ1) is 13.2. The summed E-state index contributed by atoms with van der Waals surface area (Å²) < 4.78 is 25.0. The van der Waals surface area contributed by atoms with E-state index in [1.807, 2.05) is 0 Å². The zero-order chi connectivity index (χ0) is 18.5. The molecule has 5 nitrogen and oxygen atoms in total. The molecule has 5 rings (SSSR count). The third-order valence-corrected chi connectivity index (χ3v) is 7.42. The topological polar surface area (TPSA) is 40.2 Å². The number of halogens is 2. The van der Waals surface area contributed by atoms with Crippen molar-refractivity contribution in [2.24, 2.45) is 0 Å². The zero-order valence-electron chi connectivity index (χ0n) is 15.4. The Bertz CT molecular complexity index is 767. The molecule has 0 amide bonds. The van der Waals surface area contributed by atoms with E-state index in [1.165, 1.54) is 11.1 Å². The van der Waals surface area contributed by atoms with Crippen molar-refractivity contribution in [1.29, 1.82) is 0 Å². The monoisotopic (exact) mass is 504 g/mol. The maximum atomic E-state index is 6.58. The SMILES string of the molecule is CCN1CCC23C=CC4(CC2Oc2c(OC[I-]Cl)ccc(c23)C1)OCCO4. The molecule has 27 heavy (non-hydrogen) atoms. The van der Waals surface area contributed by atoms with Crippen LogP contribution in [-0.4, -0.2) is 47.7 Å². The Morgan fingerprint density at radius 2 is 2.15 bits per heavy atom. The van der Waals surface area contributed by atoms with Crippen LogP contribution in [0.25, 0.3) is 0 Å². The van der Waals surface area contributed by atoms with E-state index < -0.39 is 25.9 Å². The van der Waals surface area contributed by atoms with Crippen LogP contribution in [-0.2, 0) is 21.4 Å². The second kappa shape index (κ2) is 7.06. The number of nitrogens with zero attached hydrogens (tertiary/aromatic N) is 1. The van der Waals surface area contributed by atoms with Crippen LogP contribution in [0.5, 0.6) is 11.5 Å². The van der Waals surface area contributed by atoms with Crippen molar-refractivity contribution in [3.8, 4) is 11.5 Å². The second-order valence-corrected chi connectivity index (χ2v) is 10.1. The van der Waals surface area contributed by atoms with Gasteiger partial charge in [-0.25, -0.2) is 0 Å². The van der Waals surface area contributed by atoms with E-state index in [2.05, 4.69) is 36.1 Å². The van der Waals surface area contributed by atoms with Crippen LogP contribution >= 0.6 is 8.91 Å². The molecule has 0 aromatic heterocycles. The van der Waals surface area contributed by atoms with Crippen molar-refractivity contribution in [3.05, 3.63) is 35.4 Å². The van der Waals surface area contributed by atoms with Gasteiger partial charge >= 0.3 is 174 Å².